The summed E-state index contributed by atoms with van der Waals surface area (Å²) < 4.78 is 37.5. The van der Waals surface area contributed by atoms with Gasteiger partial charge in [0.2, 0.25) is 21.8 Å². The van der Waals surface area contributed by atoms with Crippen LogP contribution < -0.4 is 19.1 Å². The highest BCUT2D eigenvalue weighted by Gasteiger charge is 2.30. The second-order valence-corrected chi connectivity index (χ2v) is 10.1. The first-order chi connectivity index (χ1) is 15.5. The smallest absolute Gasteiger partial charge is 0.244 e. The number of benzene rings is 2. The van der Waals surface area contributed by atoms with Crippen LogP contribution >= 0.6 is 15.9 Å². The van der Waals surface area contributed by atoms with E-state index >= 15 is 0 Å². The lowest BCUT2D eigenvalue weighted by Gasteiger charge is -2.31. The molecule has 0 aliphatic carbocycles. The van der Waals surface area contributed by atoms with Crippen LogP contribution in [0.4, 0.5) is 5.69 Å². The van der Waals surface area contributed by atoms with E-state index in [9.17, 15) is 18.0 Å². The first-order valence-electron chi connectivity index (χ1n) is 9.97. The molecule has 0 aromatic heterocycles. The maximum absolute atomic E-state index is 13.4. The van der Waals surface area contributed by atoms with Gasteiger partial charge >= 0.3 is 0 Å². The lowest BCUT2D eigenvalue weighted by molar-refractivity contribution is -0.139. The van der Waals surface area contributed by atoms with Crippen LogP contribution in [0.2, 0.25) is 0 Å². The molecule has 2 rings (SSSR count). The second kappa shape index (κ2) is 11.4. The summed E-state index contributed by atoms with van der Waals surface area (Å²) in [6, 6.07) is 11.1. The van der Waals surface area contributed by atoms with Gasteiger partial charge in [-0.2, -0.15) is 0 Å². The maximum atomic E-state index is 13.4. The van der Waals surface area contributed by atoms with Gasteiger partial charge in [0.25, 0.3) is 0 Å². The summed E-state index contributed by atoms with van der Waals surface area (Å²) in [4.78, 5) is 27.1. The van der Waals surface area contributed by atoms with Gasteiger partial charge in [-0.15, -0.1) is 0 Å². The van der Waals surface area contributed by atoms with E-state index in [1.165, 1.54) is 38.3 Å². The highest BCUT2D eigenvalue weighted by molar-refractivity contribution is 9.10. The highest BCUT2D eigenvalue weighted by Crippen LogP contribution is 2.32. The molecule has 2 aromatic carbocycles. The third kappa shape index (κ3) is 6.84. The number of sulfonamides is 1. The summed E-state index contributed by atoms with van der Waals surface area (Å²) >= 11 is 3.40. The molecule has 33 heavy (non-hydrogen) atoms. The van der Waals surface area contributed by atoms with Crippen molar-refractivity contribution < 1.29 is 27.5 Å². The highest BCUT2D eigenvalue weighted by atomic mass is 79.9. The SMILES string of the molecule is CNC(=O)[C@@H](C)N(Cc1cccc(Br)c1)C(=O)CN(c1ccc(OC)c(OC)c1)S(C)(=O)=O. The zero-order valence-electron chi connectivity index (χ0n) is 19.2. The third-order valence-electron chi connectivity index (χ3n) is 4.99. The molecule has 2 aromatic rings. The van der Waals surface area contributed by atoms with Gasteiger partial charge in [-0.25, -0.2) is 8.42 Å². The Bertz CT molecular complexity index is 1110. The lowest BCUT2D eigenvalue weighted by Crippen LogP contribution is -2.50. The zero-order valence-corrected chi connectivity index (χ0v) is 21.6. The monoisotopic (exact) mass is 541 g/mol. The lowest BCUT2D eigenvalue weighted by atomic mass is 10.1. The molecule has 0 unspecified atom stereocenters. The van der Waals surface area contributed by atoms with Crippen molar-refractivity contribution in [3.63, 3.8) is 0 Å². The van der Waals surface area contributed by atoms with E-state index in [1.54, 1.807) is 13.0 Å². The molecule has 0 aliphatic heterocycles. The van der Waals surface area contributed by atoms with Crippen molar-refractivity contribution in [1.82, 2.24) is 10.2 Å². The van der Waals surface area contributed by atoms with Crippen LogP contribution in [0.25, 0.3) is 0 Å². The molecule has 0 radical (unpaired) electrons. The van der Waals surface area contributed by atoms with Crippen molar-refractivity contribution >= 4 is 43.5 Å². The van der Waals surface area contributed by atoms with Crippen LogP contribution in [0.1, 0.15) is 12.5 Å². The summed E-state index contributed by atoms with van der Waals surface area (Å²) in [5.41, 5.74) is 1.02. The quantitative estimate of drug-likeness (QED) is 0.495. The molecule has 9 nitrogen and oxygen atoms in total. The summed E-state index contributed by atoms with van der Waals surface area (Å²) in [6.45, 7) is 1.22. The average molecular weight is 542 g/mol. The molecule has 0 fully saturated rings. The van der Waals surface area contributed by atoms with E-state index in [0.29, 0.717) is 11.5 Å². The van der Waals surface area contributed by atoms with E-state index in [0.717, 1.165) is 20.6 Å². The number of carbonyl (C=O) groups excluding carboxylic acids is 2. The van der Waals surface area contributed by atoms with E-state index in [-0.39, 0.29) is 18.1 Å². The van der Waals surface area contributed by atoms with Crippen LogP contribution in [-0.4, -0.2) is 65.2 Å². The predicted octanol–water partition coefficient (Wildman–Crippen LogP) is 2.40. The first-order valence-corrected chi connectivity index (χ1v) is 12.6. The van der Waals surface area contributed by atoms with Gasteiger partial charge in [0.1, 0.15) is 12.6 Å². The summed E-state index contributed by atoms with van der Waals surface area (Å²) in [5.74, 6) is -0.159. The molecule has 1 N–H and O–H groups in total. The third-order valence-corrected chi connectivity index (χ3v) is 6.62. The largest absolute Gasteiger partial charge is 0.493 e. The fourth-order valence-corrected chi connectivity index (χ4v) is 4.51. The zero-order chi connectivity index (χ0) is 24.8. The standard InChI is InChI=1S/C22H28BrN3O6S/c1-15(22(28)24-2)25(13-16-7-6-8-17(23)11-16)21(27)14-26(33(5,29)30)18-9-10-19(31-3)20(12-18)32-4/h6-12,15H,13-14H2,1-5H3,(H,24,28)/t15-/m1/s1. The minimum absolute atomic E-state index is 0.121. The van der Waals surface area contributed by atoms with Crippen molar-refractivity contribution in [3.05, 3.63) is 52.5 Å². The number of nitrogens with zero attached hydrogens (tertiary/aromatic N) is 2. The number of nitrogens with one attached hydrogen (secondary N) is 1. The number of amides is 2. The molecule has 0 aliphatic rings. The van der Waals surface area contributed by atoms with Crippen molar-refractivity contribution in [2.24, 2.45) is 0 Å². The van der Waals surface area contributed by atoms with E-state index < -0.39 is 28.5 Å². The normalized spacial score (nSPS) is 11.9. The Kier molecular flexibility index (Phi) is 9.12. The van der Waals surface area contributed by atoms with Crippen molar-refractivity contribution in [3.8, 4) is 11.5 Å². The minimum atomic E-state index is -3.84. The number of carbonyl (C=O) groups is 2. The van der Waals surface area contributed by atoms with E-state index in [2.05, 4.69) is 21.2 Å². The number of hydrogen-bond donors (Lipinski definition) is 1. The van der Waals surface area contributed by atoms with E-state index in [1.807, 2.05) is 24.3 Å². The molecule has 180 valence electrons. The van der Waals surface area contributed by atoms with Crippen molar-refractivity contribution in [2.75, 3.05) is 38.4 Å². The van der Waals surface area contributed by atoms with Crippen molar-refractivity contribution in [1.29, 1.82) is 0 Å². The minimum Gasteiger partial charge on any atom is -0.493 e. The molecule has 0 saturated heterocycles. The van der Waals surface area contributed by atoms with Gasteiger partial charge in [-0.1, -0.05) is 28.1 Å². The van der Waals surface area contributed by atoms with Crippen LogP contribution in [-0.2, 0) is 26.2 Å². The fraction of sp³-hybridized carbons (Fsp3) is 0.364. The van der Waals surface area contributed by atoms with Crippen LogP contribution in [0, 0.1) is 0 Å². The van der Waals surface area contributed by atoms with E-state index in [4.69, 9.17) is 9.47 Å². The molecule has 0 heterocycles. The summed E-state index contributed by atoms with van der Waals surface area (Å²) in [7, 11) is 0.539. The molecule has 1 atom stereocenters. The average Bonchev–Trinajstić information content (AvgIpc) is 2.78. The molecule has 0 saturated carbocycles. The predicted molar refractivity (Wildman–Crippen MR) is 130 cm³/mol. The molecular formula is C22H28BrN3O6S. The Balaban J connectivity index is 2.43. The molecular weight excluding hydrogens is 514 g/mol. The summed E-state index contributed by atoms with van der Waals surface area (Å²) in [5, 5.41) is 2.54. The fourth-order valence-electron chi connectivity index (χ4n) is 3.22. The Labute approximate surface area is 202 Å². The number of anilines is 1. The van der Waals surface area contributed by atoms with Gasteiger partial charge in [0.15, 0.2) is 11.5 Å². The Morgan fingerprint density at radius 3 is 2.30 bits per heavy atom. The summed E-state index contributed by atoms with van der Waals surface area (Å²) in [6.07, 6.45) is 1.01. The Morgan fingerprint density at radius 1 is 1.09 bits per heavy atom. The molecule has 2 amide bonds. The van der Waals surface area contributed by atoms with Gasteiger partial charge in [-0.05, 0) is 36.8 Å². The maximum Gasteiger partial charge on any atom is 0.244 e. The number of methoxy groups -OCH3 is 2. The number of rotatable bonds is 10. The number of halogens is 1. The number of hydrogen-bond acceptors (Lipinski definition) is 6. The van der Waals surface area contributed by atoms with Crippen LogP contribution in [0.3, 0.4) is 0 Å². The number of likely N-dealkylation sites (N-methyl/N-ethyl adjacent to an activating group) is 1. The Morgan fingerprint density at radius 2 is 1.76 bits per heavy atom. The molecule has 0 spiro atoms. The topological polar surface area (TPSA) is 105 Å². The Hall–Kier alpha value is -2.79. The van der Waals surface area contributed by atoms with Gasteiger partial charge in [-0.3, -0.25) is 13.9 Å². The second-order valence-electron chi connectivity index (χ2n) is 7.25. The first kappa shape index (κ1) is 26.5. The van der Waals surface area contributed by atoms with Gasteiger partial charge in [0.05, 0.1) is 26.2 Å². The molecule has 0 bridgehead atoms. The molecule has 11 heteroatoms. The van der Waals surface area contributed by atoms with Crippen LogP contribution in [0.15, 0.2) is 46.9 Å². The van der Waals surface area contributed by atoms with Crippen LogP contribution in [0.5, 0.6) is 11.5 Å². The van der Waals surface area contributed by atoms with Gasteiger partial charge in [0, 0.05) is 24.1 Å². The number of ether oxygens (including phenoxy) is 2. The van der Waals surface area contributed by atoms with Crippen molar-refractivity contribution in [2.45, 2.75) is 19.5 Å². The van der Waals surface area contributed by atoms with Gasteiger partial charge < -0.3 is 19.7 Å².